The van der Waals surface area contributed by atoms with Crippen LogP contribution in [0.4, 0.5) is 0 Å². The zero-order valence-corrected chi connectivity index (χ0v) is 11.0. The van der Waals surface area contributed by atoms with E-state index in [9.17, 15) is 8.42 Å². The monoisotopic (exact) mass is 287 g/mol. The summed E-state index contributed by atoms with van der Waals surface area (Å²) in [6, 6.07) is 8.36. The van der Waals surface area contributed by atoms with Gasteiger partial charge in [0.2, 0.25) is 0 Å². The Balaban J connectivity index is 2.37. The maximum atomic E-state index is 11.1. The molecule has 0 saturated carbocycles. The van der Waals surface area contributed by atoms with Gasteiger partial charge in [0, 0.05) is 22.3 Å². The number of hydrogen-bond donors (Lipinski definition) is 0. The molecule has 96 valence electrons. The third-order valence-electron chi connectivity index (χ3n) is 2.17. The van der Waals surface area contributed by atoms with E-state index in [0.717, 1.165) is 0 Å². The number of aromatic nitrogens is 1. The highest BCUT2D eigenvalue weighted by Crippen LogP contribution is 2.26. The third-order valence-corrected chi connectivity index (χ3v) is 3.30. The van der Waals surface area contributed by atoms with Crippen molar-refractivity contribution in [3.63, 3.8) is 0 Å². The topological polar surface area (TPSA) is 69.4 Å². The average Bonchev–Trinajstić information content (AvgIpc) is 2.78. The molecule has 0 atom stereocenters. The van der Waals surface area contributed by atoms with Crippen molar-refractivity contribution < 1.29 is 17.7 Å². The molecular weight excluding hydrogens is 278 g/mol. The fourth-order valence-electron chi connectivity index (χ4n) is 1.42. The largest absolute Gasteiger partial charge is 0.494 e. The third kappa shape index (κ3) is 2.83. The minimum absolute atomic E-state index is 0.374. The number of ether oxygens (including phenoxy) is 1. The predicted octanol–water partition coefficient (Wildman–Crippen LogP) is 2.67. The first kappa shape index (κ1) is 12.9. The second-order valence-electron chi connectivity index (χ2n) is 3.43. The predicted molar refractivity (Wildman–Crippen MR) is 66.1 cm³/mol. The first-order valence-electron chi connectivity index (χ1n) is 5.15. The van der Waals surface area contributed by atoms with Gasteiger partial charge >= 0.3 is 0 Å². The molecule has 18 heavy (non-hydrogen) atoms. The first-order chi connectivity index (χ1) is 8.50. The fourth-order valence-corrected chi connectivity index (χ4v) is 2.02. The molecule has 0 N–H and O–H groups in total. The maximum Gasteiger partial charge on any atom is 0.297 e. The van der Waals surface area contributed by atoms with Crippen molar-refractivity contribution in [3.05, 3.63) is 30.3 Å². The second kappa shape index (κ2) is 4.99. The number of nitrogens with zero attached hydrogens (tertiary/aromatic N) is 1. The smallest absolute Gasteiger partial charge is 0.297 e. The summed E-state index contributed by atoms with van der Waals surface area (Å²) in [5.41, 5.74) is 1.08. The Morgan fingerprint density at radius 2 is 2.17 bits per heavy atom. The van der Waals surface area contributed by atoms with Gasteiger partial charge in [-0.2, -0.15) is 0 Å². The van der Waals surface area contributed by atoms with Gasteiger partial charge in [-0.05, 0) is 19.1 Å². The van der Waals surface area contributed by atoms with Crippen molar-refractivity contribution in [2.75, 3.05) is 6.61 Å². The summed E-state index contributed by atoms with van der Waals surface area (Å²) in [7, 11) is 1.26. The van der Waals surface area contributed by atoms with Crippen LogP contribution in [0.5, 0.6) is 5.75 Å². The van der Waals surface area contributed by atoms with Crippen molar-refractivity contribution in [2.45, 2.75) is 12.0 Å². The molecule has 0 fully saturated rings. The molecule has 1 aromatic heterocycles. The van der Waals surface area contributed by atoms with Crippen LogP contribution in [-0.2, 0) is 9.05 Å². The van der Waals surface area contributed by atoms with E-state index in [1.807, 2.05) is 6.92 Å². The summed E-state index contributed by atoms with van der Waals surface area (Å²) in [5.74, 6) is 0.674. The number of halogens is 1. The fraction of sp³-hybridized carbons (Fsp3) is 0.182. The molecule has 1 heterocycles. The second-order valence-corrected chi connectivity index (χ2v) is 5.93. The zero-order chi connectivity index (χ0) is 13.2. The average molecular weight is 288 g/mol. The minimum Gasteiger partial charge on any atom is -0.494 e. The summed E-state index contributed by atoms with van der Waals surface area (Å²) in [6.07, 6.45) is 0. The van der Waals surface area contributed by atoms with Crippen LogP contribution < -0.4 is 4.74 Å². The summed E-state index contributed by atoms with van der Waals surface area (Å²) >= 11 is 0. The lowest BCUT2D eigenvalue weighted by Crippen LogP contribution is -1.91. The Morgan fingerprint density at radius 3 is 2.78 bits per heavy atom. The van der Waals surface area contributed by atoms with Crippen LogP contribution in [-0.4, -0.2) is 20.2 Å². The molecule has 7 heteroatoms. The summed E-state index contributed by atoms with van der Waals surface area (Å²) < 4.78 is 32.1. The number of rotatable bonds is 4. The quantitative estimate of drug-likeness (QED) is 0.809. The Hall–Kier alpha value is -1.53. The Morgan fingerprint density at radius 1 is 1.39 bits per heavy atom. The highest BCUT2D eigenvalue weighted by Gasteiger charge is 2.17. The molecule has 0 unspecified atom stereocenters. The SMILES string of the molecule is CCOc1cccc(-c2cc(S(=O)(=O)Cl)on2)c1. The van der Waals surface area contributed by atoms with Gasteiger partial charge in [0.05, 0.1) is 6.61 Å². The van der Waals surface area contributed by atoms with Crippen LogP contribution >= 0.6 is 10.7 Å². The lowest BCUT2D eigenvalue weighted by atomic mass is 10.1. The van der Waals surface area contributed by atoms with Crippen molar-refractivity contribution in [3.8, 4) is 17.0 Å². The van der Waals surface area contributed by atoms with E-state index < -0.39 is 9.05 Å². The molecular formula is C11H10ClNO4S. The first-order valence-corrected chi connectivity index (χ1v) is 7.46. The maximum absolute atomic E-state index is 11.1. The van der Waals surface area contributed by atoms with Gasteiger partial charge in [-0.15, -0.1) is 0 Å². The van der Waals surface area contributed by atoms with E-state index in [4.69, 9.17) is 15.4 Å². The Bertz CT molecular complexity index is 651. The van der Waals surface area contributed by atoms with Crippen molar-refractivity contribution in [2.24, 2.45) is 0 Å². The molecule has 2 aromatic rings. The Labute approximate surface area is 109 Å². The van der Waals surface area contributed by atoms with Crippen LogP contribution in [0.1, 0.15) is 6.92 Å². The van der Waals surface area contributed by atoms with Crippen molar-refractivity contribution in [1.29, 1.82) is 0 Å². The summed E-state index contributed by atoms with van der Waals surface area (Å²) in [4.78, 5) is 0. The molecule has 0 spiro atoms. The van der Waals surface area contributed by atoms with Crippen LogP contribution in [0.15, 0.2) is 39.9 Å². The van der Waals surface area contributed by atoms with Gasteiger partial charge in [0.15, 0.2) is 0 Å². The number of benzene rings is 1. The van der Waals surface area contributed by atoms with Crippen LogP contribution in [0.25, 0.3) is 11.3 Å². The minimum atomic E-state index is -3.90. The normalized spacial score (nSPS) is 11.4. The van der Waals surface area contributed by atoms with E-state index in [1.54, 1.807) is 24.3 Å². The van der Waals surface area contributed by atoms with E-state index in [0.29, 0.717) is 23.6 Å². The molecule has 0 saturated heterocycles. The van der Waals surface area contributed by atoms with Gasteiger partial charge in [-0.25, -0.2) is 8.42 Å². The van der Waals surface area contributed by atoms with Crippen LogP contribution in [0.3, 0.4) is 0 Å². The molecule has 0 aliphatic carbocycles. The van der Waals surface area contributed by atoms with Crippen LogP contribution in [0.2, 0.25) is 0 Å². The number of hydrogen-bond acceptors (Lipinski definition) is 5. The van der Waals surface area contributed by atoms with Crippen LogP contribution in [0, 0.1) is 0 Å². The highest BCUT2D eigenvalue weighted by molar-refractivity contribution is 8.13. The molecule has 1 aromatic carbocycles. The molecule has 0 aliphatic rings. The summed E-state index contributed by atoms with van der Waals surface area (Å²) in [5, 5.41) is 3.29. The zero-order valence-electron chi connectivity index (χ0n) is 9.46. The van der Waals surface area contributed by atoms with E-state index in [-0.39, 0.29) is 5.09 Å². The van der Waals surface area contributed by atoms with Gasteiger partial charge < -0.3 is 9.26 Å². The van der Waals surface area contributed by atoms with Crippen molar-refractivity contribution >= 4 is 19.7 Å². The lowest BCUT2D eigenvalue weighted by molar-refractivity contribution is 0.339. The Kier molecular flexibility index (Phi) is 3.58. The molecule has 0 bridgehead atoms. The van der Waals surface area contributed by atoms with Crippen molar-refractivity contribution in [1.82, 2.24) is 5.16 Å². The molecule has 0 aliphatic heterocycles. The van der Waals surface area contributed by atoms with E-state index in [2.05, 4.69) is 9.68 Å². The molecule has 5 nitrogen and oxygen atoms in total. The van der Waals surface area contributed by atoms with Gasteiger partial charge in [0.25, 0.3) is 14.1 Å². The standard InChI is InChI=1S/C11H10ClNO4S/c1-2-16-9-5-3-4-8(6-9)10-7-11(17-13-10)18(12,14)15/h3-7H,2H2,1H3. The summed E-state index contributed by atoms with van der Waals surface area (Å²) in [6.45, 7) is 2.42. The molecule has 0 amide bonds. The van der Waals surface area contributed by atoms with Gasteiger partial charge in [-0.1, -0.05) is 17.3 Å². The molecule has 2 rings (SSSR count). The highest BCUT2D eigenvalue weighted by atomic mass is 35.7. The molecule has 0 radical (unpaired) electrons. The van der Waals surface area contributed by atoms with Gasteiger partial charge in [0.1, 0.15) is 11.4 Å². The lowest BCUT2D eigenvalue weighted by Gasteiger charge is -2.03. The van der Waals surface area contributed by atoms with E-state index in [1.165, 1.54) is 6.07 Å². The van der Waals surface area contributed by atoms with Gasteiger partial charge in [-0.3, -0.25) is 0 Å². The van der Waals surface area contributed by atoms with E-state index >= 15 is 0 Å².